The summed E-state index contributed by atoms with van der Waals surface area (Å²) in [5.41, 5.74) is 3.27. The molecule has 1 aliphatic carbocycles. The van der Waals surface area contributed by atoms with Gasteiger partial charge in [0.2, 0.25) is 0 Å². The van der Waals surface area contributed by atoms with Crippen LogP contribution in [0.5, 0.6) is 5.75 Å². The molecule has 1 N–H and O–H groups in total. The van der Waals surface area contributed by atoms with Crippen LogP contribution < -0.4 is 0 Å². The summed E-state index contributed by atoms with van der Waals surface area (Å²) in [5, 5.41) is 9.88. The van der Waals surface area contributed by atoms with Crippen LogP contribution in [-0.4, -0.2) is 16.6 Å². The molecule has 0 amide bonds. The fraction of sp³-hybridized carbons (Fsp3) is 0.595. The van der Waals surface area contributed by atoms with Crippen LogP contribution in [0.15, 0.2) is 59.3 Å². The third-order valence-electron chi connectivity index (χ3n) is 6.63. The van der Waals surface area contributed by atoms with E-state index in [1.54, 1.807) is 25.1 Å². The number of nitrogens with zero attached hydrogens (tertiary/aromatic N) is 1. The van der Waals surface area contributed by atoms with Crippen LogP contribution >= 0.6 is 0 Å². The Hall–Kier alpha value is -1.73. The van der Waals surface area contributed by atoms with E-state index in [1.165, 1.54) is 64.2 Å². The first kappa shape index (κ1) is 46.2. The summed E-state index contributed by atoms with van der Waals surface area (Å²) >= 11 is 0. The summed E-state index contributed by atoms with van der Waals surface area (Å²) in [5.74, 6) is 2.32. The van der Waals surface area contributed by atoms with E-state index in [0.717, 1.165) is 35.2 Å². The van der Waals surface area contributed by atoms with E-state index in [2.05, 4.69) is 38.4 Å². The van der Waals surface area contributed by atoms with Crippen LogP contribution in [0.3, 0.4) is 0 Å². The summed E-state index contributed by atoms with van der Waals surface area (Å²) < 4.78 is 0. The molecule has 1 aliphatic rings. The topological polar surface area (TPSA) is 49.7 Å². The Morgan fingerprint density at radius 2 is 1.61 bits per heavy atom. The number of phenols is 1. The Morgan fingerprint density at radius 1 is 1.05 bits per heavy atom. The van der Waals surface area contributed by atoms with Gasteiger partial charge in [-0.15, -0.1) is 0 Å². The van der Waals surface area contributed by atoms with Gasteiger partial charge in [-0.25, -0.2) is 18.7 Å². The van der Waals surface area contributed by atoms with Gasteiger partial charge in [0.05, 0.1) is 5.71 Å². The van der Waals surface area contributed by atoms with E-state index in [0.29, 0.717) is 11.3 Å². The minimum Gasteiger partial charge on any atom is -0.507 e. The summed E-state index contributed by atoms with van der Waals surface area (Å²) in [6, 6.07) is 7.16. The number of aromatic hydroxyl groups is 1. The van der Waals surface area contributed by atoms with Gasteiger partial charge in [-0.05, 0) is 57.7 Å². The van der Waals surface area contributed by atoms with Crippen LogP contribution in [0.1, 0.15) is 139 Å². The number of carbonyl (C=O) groups is 1. The fourth-order valence-electron chi connectivity index (χ4n) is 4.48. The Balaban J connectivity index is -0.000000255. The van der Waals surface area contributed by atoms with E-state index < -0.39 is 0 Å². The molecule has 2 rings (SSSR count). The molecule has 41 heavy (non-hydrogen) atoms. The van der Waals surface area contributed by atoms with Crippen LogP contribution in [0, 0.1) is 25.3 Å². The number of allylic oxidation sites excluding steroid dienone is 5. The Morgan fingerprint density at radius 3 is 2.05 bits per heavy atom. The number of ketones is 1. The number of carbonyl (C=O) groups excluding carboxylic acids is 1. The maximum atomic E-state index is 10.7. The van der Waals surface area contributed by atoms with Crippen molar-refractivity contribution >= 4 is 11.5 Å². The molecule has 0 heterocycles. The third kappa shape index (κ3) is 25.7. The average Bonchev–Trinajstić information content (AvgIpc) is 2.91. The SMILES string of the molecule is C=C[C-]=C(C)N=C(C=C(C)C)c1ccccc1O.CC.CC(=O)CC1CCCCC1.CCCCC(CC)CC.[CH3-].[W+2]. The van der Waals surface area contributed by atoms with Crippen LogP contribution in [0.4, 0.5) is 0 Å². The molecule has 4 heteroatoms. The summed E-state index contributed by atoms with van der Waals surface area (Å²) in [6.45, 7) is 22.0. The van der Waals surface area contributed by atoms with E-state index in [9.17, 15) is 9.90 Å². The number of Topliss-reactive ketones (excluding diaryl/α,β-unsaturated/α-hetero) is 1. The van der Waals surface area contributed by atoms with Gasteiger partial charge in [-0.3, -0.25) is 4.99 Å². The first-order valence-corrected chi connectivity index (χ1v) is 15.4. The molecule has 0 aliphatic heterocycles. The van der Waals surface area contributed by atoms with Gasteiger partial charge >= 0.3 is 21.1 Å². The number of rotatable bonds is 11. The standard InChI is InChI=1S/C16H18NO.C9H16O.C9H20.C2H6.CH3.W/c1-5-8-13(4)17-15(11-12(2)3)14-9-6-7-10-16(14)18;1-8(10)7-9-5-3-2-4-6-9;1-4-7-8-9(5-2)6-3;1-2;;/h5-7,9-11,18H,1H2,2-4H3;9H,2-7H2,1H3;9H,4-8H2,1-3H3;1-2H3;1H3;/q-1;;;;-1;+2. The Bertz CT molecular complexity index is 855. The van der Waals surface area contributed by atoms with Gasteiger partial charge in [0.15, 0.2) is 0 Å². The number of aliphatic imine (C=N–C) groups is 1. The number of hydrogen-bond donors (Lipinski definition) is 1. The molecule has 1 saturated carbocycles. The van der Waals surface area contributed by atoms with Gasteiger partial charge in [-0.1, -0.05) is 122 Å². The number of hydrogen-bond acceptors (Lipinski definition) is 3. The van der Waals surface area contributed by atoms with Gasteiger partial charge in [-0.2, -0.15) is 0 Å². The van der Waals surface area contributed by atoms with Gasteiger partial charge in [0, 0.05) is 12.0 Å². The quantitative estimate of drug-likeness (QED) is 0.140. The molecule has 0 aromatic heterocycles. The van der Waals surface area contributed by atoms with E-state index in [1.807, 2.05) is 52.8 Å². The Kier molecular flexibility index (Phi) is 35.2. The van der Waals surface area contributed by atoms with Crippen molar-refractivity contribution in [2.75, 3.05) is 0 Å². The second kappa shape index (κ2) is 31.2. The molecule has 0 saturated heterocycles. The van der Waals surface area contributed by atoms with Crippen molar-refractivity contribution in [1.29, 1.82) is 0 Å². The fourth-order valence-corrected chi connectivity index (χ4v) is 4.48. The van der Waals surface area contributed by atoms with E-state index in [4.69, 9.17) is 0 Å². The van der Waals surface area contributed by atoms with Crippen LogP contribution in [-0.2, 0) is 25.9 Å². The van der Waals surface area contributed by atoms with Crippen molar-refractivity contribution in [2.24, 2.45) is 16.8 Å². The monoisotopic (exact) mass is 737 g/mol. The smallest absolute Gasteiger partial charge is 0.507 e. The molecule has 1 fully saturated rings. The van der Waals surface area contributed by atoms with E-state index in [-0.39, 0.29) is 34.2 Å². The number of para-hydroxylation sites is 1. The zero-order valence-electron chi connectivity index (χ0n) is 28.3. The van der Waals surface area contributed by atoms with Crippen molar-refractivity contribution in [3.8, 4) is 5.75 Å². The molecule has 1 aromatic rings. The third-order valence-corrected chi connectivity index (χ3v) is 6.63. The predicted molar refractivity (Wildman–Crippen MR) is 180 cm³/mol. The molecule has 0 atom stereocenters. The molecule has 3 nitrogen and oxygen atoms in total. The molecular weight excluding hydrogens is 674 g/mol. The largest absolute Gasteiger partial charge is 2.00 e. The summed E-state index contributed by atoms with van der Waals surface area (Å²) in [7, 11) is 0. The molecule has 0 unspecified atom stereocenters. The van der Waals surface area contributed by atoms with Crippen LogP contribution in [0.2, 0.25) is 0 Å². The number of unbranched alkanes of at least 4 members (excludes halogenated alkanes) is 1. The van der Waals surface area contributed by atoms with Gasteiger partial charge in [0.25, 0.3) is 0 Å². The molecular formula is C37H63NO2W. The zero-order valence-corrected chi connectivity index (χ0v) is 31.2. The normalized spacial score (nSPS) is 12.9. The number of benzene rings is 1. The zero-order chi connectivity index (χ0) is 30.1. The summed E-state index contributed by atoms with van der Waals surface area (Å²) in [4.78, 5) is 15.2. The molecule has 0 bridgehead atoms. The molecule has 0 spiro atoms. The predicted octanol–water partition coefficient (Wildman–Crippen LogP) is 11.7. The Labute approximate surface area is 270 Å². The van der Waals surface area contributed by atoms with Gasteiger partial charge < -0.3 is 17.3 Å². The van der Waals surface area contributed by atoms with Gasteiger partial charge in [0.1, 0.15) is 11.5 Å². The van der Waals surface area contributed by atoms with Crippen molar-refractivity contribution in [1.82, 2.24) is 0 Å². The van der Waals surface area contributed by atoms with E-state index >= 15 is 0 Å². The second-order valence-electron chi connectivity index (χ2n) is 10.4. The van der Waals surface area contributed by atoms with Crippen molar-refractivity contribution in [3.63, 3.8) is 0 Å². The second-order valence-corrected chi connectivity index (χ2v) is 10.4. The maximum Gasteiger partial charge on any atom is 2.00 e. The molecule has 1 aromatic carbocycles. The minimum absolute atomic E-state index is 0. The average molecular weight is 738 g/mol. The first-order valence-electron chi connectivity index (χ1n) is 15.4. The maximum absolute atomic E-state index is 10.7. The number of phenolic OH excluding ortho intramolecular Hbond substituents is 1. The van der Waals surface area contributed by atoms with Crippen molar-refractivity contribution in [2.45, 2.75) is 133 Å². The minimum atomic E-state index is 0. The van der Waals surface area contributed by atoms with Crippen LogP contribution in [0.25, 0.3) is 0 Å². The molecule has 0 radical (unpaired) electrons. The van der Waals surface area contributed by atoms with Crippen molar-refractivity contribution < 1.29 is 31.0 Å². The first-order chi connectivity index (χ1) is 18.7. The van der Waals surface area contributed by atoms with Crippen molar-refractivity contribution in [3.05, 3.63) is 73.3 Å². The molecule has 234 valence electrons. The summed E-state index contributed by atoms with van der Waals surface area (Å²) in [6.07, 6.45) is 20.9.